The summed E-state index contributed by atoms with van der Waals surface area (Å²) in [4.78, 5) is 14.8. The molecule has 6 heteroatoms. The van der Waals surface area contributed by atoms with E-state index in [0.29, 0.717) is 13.0 Å². The van der Waals surface area contributed by atoms with Gasteiger partial charge in [-0.15, -0.1) is 0 Å². The minimum Gasteiger partial charge on any atom is -0.445 e. The van der Waals surface area contributed by atoms with Gasteiger partial charge in [0.2, 0.25) is 0 Å². The molecular formula is C8H12N4O2. The molecule has 0 spiro atoms. The lowest BCUT2D eigenvalue weighted by molar-refractivity contribution is 0.158. The molecule has 1 rings (SSSR count). The molecule has 0 aliphatic rings. The van der Waals surface area contributed by atoms with Gasteiger partial charge in [0.15, 0.2) is 0 Å². The number of amides is 1. The lowest BCUT2D eigenvalue weighted by atomic mass is 10.4. The Balaban J connectivity index is 2.09. The number of carbonyl (C=O) groups excluding carboxylic acids is 1. The molecule has 0 atom stereocenters. The third kappa shape index (κ3) is 3.70. The Kier molecular flexibility index (Phi) is 4.19. The van der Waals surface area contributed by atoms with Crippen LogP contribution in [0.2, 0.25) is 0 Å². The molecule has 0 aromatic carbocycles. The highest BCUT2D eigenvalue weighted by Gasteiger charge is 2.00. The summed E-state index contributed by atoms with van der Waals surface area (Å²) in [5.74, 6) is 0.731. The first-order valence-corrected chi connectivity index (χ1v) is 4.18. The number of H-pyrrole nitrogens is 1. The zero-order chi connectivity index (χ0) is 10.2. The Morgan fingerprint density at radius 1 is 1.79 bits per heavy atom. The van der Waals surface area contributed by atoms with Crippen LogP contribution in [-0.4, -0.2) is 34.4 Å². The fourth-order valence-electron chi connectivity index (χ4n) is 0.820. The van der Waals surface area contributed by atoms with E-state index in [0.717, 1.165) is 5.82 Å². The van der Waals surface area contributed by atoms with Crippen molar-refractivity contribution in [3.05, 3.63) is 24.8 Å². The molecular weight excluding hydrogens is 184 g/mol. The van der Waals surface area contributed by atoms with Crippen LogP contribution in [0.4, 0.5) is 4.79 Å². The van der Waals surface area contributed by atoms with Gasteiger partial charge in [-0.2, -0.15) is 5.10 Å². The zero-order valence-corrected chi connectivity index (χ0v) is 7.69. The van der Waals surface area contributed by atoms with Crippen LogP contribution in [0.1, 0.15) is 5.82 Å². The summed E-state index contributed by atoms with van der Waals surface area (Å²) in [6.07, 6.45) is 3.08. The first-order valence-electron chi connectivity index (χ1n) is 4.18. The molecule has 1 aromatic rings. The van der Waals surface area contributed by atoms with Crippen LogP contribution < -0.4 is 5.32 Å². The number of hydrogen-bond acceptors (Lipinski definition) is 4. The maximum atomic E-state index is 10.9. The van der Waals surface area contributed by atoms with E-state index in [2.05, 4.69) is 27.1 Å². The maximum absolute atomic E-state index is 10.9. The second kappa shape index (κ2) is 5.74. The second-order valence-corrected chi connectivity index (χ2v) is 2.50. The number of aromatic nitrogens is 3. The average molecular weight is 196 g/mol. The zero-order valence-electron chi connectivity index (χ0n) is 7.69. The Hall–Kier alpha value is -1.85. The standard InChI is InChI=1S/C8H12N4O2/c1-2-5-14-8(13)9-4-3-7-10-6-11-12-7/h2,6H,1,3-5H2,(H,9,13)(H,10,11,12). The largest absolute Gasteiger partial charge is 0.445 e. The minimum atomic E-state index is -0.454. The van der Waals surface area contributed by atoms with Crippen LogP contribution in [0.25, 0.3) is 0 Å². The van der Waals surface area contributed by atoms with Gasteiger partial charge in [-0.1, -0.05) is 12.7 Å². The second-order valence-electron chi connectivity index (χ2n) is 2.50. The van der Waals surface area contributed by atoms with Crippen molar-refractivity contribution in [2.45, 2.75) is 6.42 Å². The van der Waals surface area contributed by atoms with Crippen molar-refractivity contribution >= 4 is 6.09 Å². The topological polar surface area (TPSA) is 79.9 Å². The number of aromatic amines is 1. The Morgan fingerprint density at radius 2 is 2.64 bits per heavy atom. The predicted octanol–water partition coefficient (Wildman–Crippen LogP) is 0.259. The first-order chi connectivity index (χ1) is 6.83. The van der Waals surface area contributed by atoms with Crippen molar-refractivity contribution in [2.75, 3.05) is 13.2 Å². The molecule has 0 fully saturated rings. The van der Waals surface area contributed by atoms with Gasteiger partial charge in [-0.3, -0.25) is 5.10 Å². The number of nitrogens with one attached hydrogen (secondary N) is 2. The third-order valence-corrected chi connectivity index (χ3v) is 1.43. The van der Waals surface area contributed by atoms with E-state index in [9.17, 15) is 4.79 Å². The minimum absolute atomic E-state index is 0.216. The van der Waals surface area contributed by atoms with E-state index in [1.165, 1.54) is 12.4 Å². The van der Waals surface area contributed by atoms with Crippen LogP contribution in [0.5, 0.6) is 0 Å². The molecule has 0 aliphatic carbocycles. The van der Waals surface area contributed by atoms with E-state index in [1.807, 2.05) is 0 Å². The molecule has 1 aromatic heterocycles. The summed E-state index contributed by atoms with van der Waals surface area (Å²) in [7, 11) is 0. The van der Waals surface area contributed by atoms with Crippen molar-refractivity contribution in [1.82, 2.24) is 20.5 Å². The van der Waals surface area contributed by atoms with Crippen molar-refractivity contribution in [3.8, 4) is 0 Å². The maximum Gasteiger partial charge on any atom is 0.407 e. The molecule has 76 valence electrons. The summed E-state index contributed by atoms with van der Waals surface area (Å²) < 4.78 is 4.70. The van der Waals surface area contributed by atoms with Crippen LogP contribution in [0.15, 0.2) is 19.0 Å². The summed E-state index contributed by atoms with van der Waals surface area (Å²) in [6.45, 7) is 4.11. The van der Waals surface area contributed by atoms with Gasteiger partial charge in [-0.05, 0) is 0 Å². The van der Waals surface area contributed by atoms with Gasteiger partial charge in [-0.25, -0.2) is 9.78 Å². The van der Waals surface area contributed by atoms with Crippen LogP contribution in [-0.2, 0) is 11.2 Å². The lowest BCUT2D eigenvalue weighted by Crippen LogP contribution is -2.26. The fraction of sp³-hybridized carbons (Fsp3) is 0.375. The quantitative estimate of drug-likeness (QED) is 0.662. The van der Waals surface area contributed by atoms with Crippen molar-refractivity contribution in [2.24, 2.45) is 0 Å². The van der Waals surface area contributed by atoms with Crippen molar-refractivity contribution < 1.29 is 9.53 Å². The highest BCUT2D eigenvalue weighted by atomic mass is 16.5. The van der Waals surface area contributed by atoms with Crippen LogP contribution in [0.3, 0.4) is 0 Å². The molecule has 6 nitrogen and oxygen atoms in total. The number of hydrogen-bond donors (Lipinski definition) is 2. The third-order valence-electron chi connectivity index (χ3n) is 1.43. The van der Waals surface area contributed by atoms with E-state index < -0.39 is 6.09 Å². The Morgan fingerprint density at radius 3 is 3.29 bits per heavy atom. The Bertz CT molecular complexity index is 284. The van der Waals surface area contributed by atoms with Gasteiger partial charge < -0.3 is 10.1 Å². The Labute approximate surface area is 81.4 Å². The monoisotopic (exact) mass is 196 g/mol. The first kappa shape index (κ1) is 10.2. The summed E-state index contributed by atoms with van der Waals surface area (Å²) in [5.41, 5.74) is 0. The molecule has 2 N–H and O–H groups in total. The fourth-order valence-corrected chi connectivity index (χ4v) is 0.820. The normalized spacial score (nSPS) is 9.43. The average Bonchev–Trinajstić information content (AvgIpc) is 2.67. The molecule has 0 saturated heterocycles. The number of alkyl carbamates (subject to hydrolysis) is 1. The molecule has 1 heterocycles. The molecule has 0 unspecified atom stereocenters. The van der Waals surface area contributed by atoms with Crippen molar-refractivity contribution in [3.63, 3.8) is 0 Å². The van der Waals surface area contributed by atoms with Gasteiger partial charge in [0.05, 0.1) is 0 Å². The van der Waals surface area contributed by atoms with Gasteiger partial charge in [0.25, 0.3) is 0 Å². The van der Waals surface area contributed by atoms with E-state index in [-0.39, 0.29) is 6.61 Å². The number of nitrogens with zero attached hydrogens (tertiary/aromatic N) is 2. The predicted molar refractivity (Wildman–Crippen MR) is 49.6 cm³/mol. The van der Waals surface area contributed by atoms with E-state index >= 15 is 0 Å². The van der Waals surface area contributed by atoms with Gasteiger partial charge >= 0.3 is 6.09 Å². The summed E-state index contributed by atoms with van der Waals surface area (Å²) >= 11 is 0. The lowest BCUT2D eigenvalue weighted by Gasteiger charge is -2.03. The van der Waals surface area contributed by atoms with Gasteiger partial charge in [0.1, 0.15) is 18.8 Å². The van der Waals surface area contributed by atoms with Crippen LogP contribution in [0, 0.1) is 0 Å². The molecule has 14 heavy (non-hydrogen) atoms. The number of carbonyl (C=O) groups is 1. The number of rotatable bonds is 5. The highest BCUT2D eigenvalue weighted by Crippen LogP contribution is 1.86. The molecule has 0 bridgehead atoms. The molecule has 0 aliphatic heterocycles. The molecule has 0 saturated carbocycles. The summed E-state index contributed by atoms with van der Waals surface area (Å²) in [5, 5.41) is 8.92. The van der Waals surface area contributed by atoms with Crippen LogP contribution >= 0.6 is 0 Å². The SMILES string of the molecule is C=CCOC(=O)NCCc1ncn[nH]1. The summed E-state index contributed by atoms with van der Waals surface area (Å²) in [6, 6.07) is 0. The van der Waals surface area contributed by atoms with E-state index in [1.54, 1.807) is 0 Å². The van der Waals surface area contributed by atoms with Gasteiger partial charge in [0, 0.05) is 13.0 Å². The molecule has 0 radical (unpaired) electrons. The highest BCUT2D eigenvalue weighted by molar-refractivity contribution is 5.67. The number of ether oxygens (including phenoxy) is 1. The molecule has 1 amide bonds. The van der Waals surface area contributed by atoms with Crippen molar-refractivity contribution in [1.29, 1.82) is 0 Å². The van der Waals surface area contributed by atoms with E-state index in [4.69, 9.17) is 4.74 Å². The smallest absolute Gasteiger partial charge is 0.407 e.